The maximum atomic E-state index is 12.3. The van der Waals surface area contributed by atoms with Crippen molar-refractivity contribution >= 4 is 6.03 Å². The van der Waals surface area contributed by atoms with Crippen LogP contribution in [0.5, 0.6) is 0 Å². The van der Waals surface area contributed by atoms with Gasteiger partial charge in [-0.3, -0.25) is 4.98 Å². The molecule has 104 valence electrons. The van der Waals surface area contributed by atoms with Crippen molar-refractivity contribution in [2.24, 2.45) is 5.41 Å². The summed E-state index contributed by atoms with van der Waals surface area (Å²) in [5, 5.41) is 3.03. The van der Waals surface area contributed by atoms with Crippen molar-refractivity contribution in [3.05, 3.63) is 30.1 Å². The lowest BCUT2D eigenvalue weighted by Crippen LogP contribution is -2.43. The Hall–Kier alpha value is -1.58. The van der Waals surface area contributed by atoms with Gasteiger partial charge in [0.05, 0.1) is 0 Å². The molecule has 1 N–H and O–H groups in total. The van der Waals surface area contributed by atoms with Gasteiger partial charge >= 0.3 is 6.03 Å². The van der Waals surface area contributed by atoms with E-state index in [4.69, 9.17) is 0 Å². The summed E-state index contributed by atoms with van der Waals surface area (Å²) >= 11 is 0. The lowest BCUT2D eigenvalue weighted by molar-refractivity contribution is 0.187. The Kier molecular flexibility index (Phi) is 4.08. The van der Waals surface area contributed by atoms with E-state index in [1.54, 1.807) is 6.20 Å². The van der Waals surface area contributed by atoms with Crippen LogP contribution in [0.25, 0.3) is 0 Å². The van der Waals surface area contributed by atoms with Gasteiger partial charge in [-0.1, -0.05) is 26.8 Å². The number of hydrogen-bond donors (Lipinski definition) is 1. The number of aromatic nitrogens is 1. The summed E-state index contributed by atoms with van der Waals surface area (Å²) in [5.74, 6) is 0. The first kappa shape index (κ1) is 13.8. The van der Waals surface area contributed by atoms with Crippen LogP contribution in [0.15, 0.2) is 24.5 Å². The molecule has 1 aliphatic rings. The number of rotatable bonds is 4. The molecule has 0 aliphatic heterocycles. The van der Waals surface area contributed by atoms with E-state index >= 15 is 0 Å². The Morgan fingerprint density at radius 1 is 1.47 bits per heavy atom. The number of carbonyl (C=O) groups excluding carboxylic acids is 1. The largest absolute Gasteiger partial charge is 0.337 e. The zero-order valence-corrected chi connectivity index (χ0v) is 12.0. The van der Waals surface area contributed by atoms with E-state index in [0.29, 0.717) is 19.1 Å². The van der Waals surface area contributed by atoms with Gasteiger partial charge in [-0.05, 0) is 29.9 Å². The van der Waals surface area contributed by atoms with E-state index in [9.17, 15) is 4.79 Å². The van der Waals surface area contributed by atoms with Gasteiger partial charge in [0.25, 0.3) is 0 Å². The molecule has 2 amide bonds. The topological polar surface area (TPSA) is 45.2 Å². The van der Waals surface area contributed by atoms with Crippen LogP contribution in [0.2, 0.25) is 0 Å². The molecule has 0 unspecified atom stereocenters. The average Bonchev–Trinajstić information content (AvgIpc) is 3.18. The minimum absolute atomic E-state index is 0.0429. The quantitative estimate of drug-likeness (QED) is 0.906. The second kappa shape index (κ2) is 5.59. The standard InChI is InChI=1S/C15H23N3O/c1-15(2,3)11-17-14(19)18(13-6-7-13)10-12-5-4-8-16-9-12/h4-5,8-9,13H,6-7,10-11H2,1-3H3,(H,17,19). The number of pyridine rings is 1. The van der Waals surface area contributed by atoms with E-state index in [1.165, 1.54) is 0 Å². The van der Waals surface area contributed by atoms with E-state index < -0.39 is 0 Å². The molecule has 2 rings (SSSR count). The molecule has 0 spiro atoms. The van der Waals surface area contributed by atoms with Crippen molar-refractivity contribution < 1.29 is 4.79 Å². The van der Waals surface area contributed by atoms with Gasteiger partial charge in [0.1, 0.15) is 0 Å². The summed E-state index contributed by atoms with van der Waals surface area (Å²) in [7, 11) is 0. The predicted octanol–water partition coefficient (Wildman–Crippen LogP) is 2.80. The number of amides is 2. The molecule has 1 heterocycles. The van der Waals surface area contributed by atoms with Crippen LogP contribution in [0.3, 0.4) is 0 Å². The van der Waals surface area contributed by atoms with E-state index in [1.807, 2.05) is 23.2 Å². The maximum Gasteiger partial charge on any atom is 0.317 e. The van der Waals surface area contributed by atoms with Gasteiger partial charge in [0.2, 0.25) is 0 Å². The highest BCUT2D eigenvalue weighted by molar-refractivity contribution is 5.75. The number of hydrogen-bond acceptors (Lipinski definition) is 2. The molecule has 1 aromatic rings. The molecule has 4 nitrogen and oxygen atoms in total. The van der Waals surface area contributed by atoms with Crippen molar-refractivity contribution in [3.8, 4) is 0 Å². The molecule has 0 atom stereocenters. The Bertz CT molecular complexity index is 421. The van der Waals surface area contributed by atoms with Crippen LogP contribution < -0.4 is 5.32 Å². The van der Waals surface area contributed by atoms with E-state index in [-0.39, 0.29) is 11.4 Å². The SMILES string of the molecule is CC(C)(C)CNC(=O)N(Cc1cccnc1)C1CC1. The molecule has 0 saturated heterocycles. The molecular weight excluding hydrogens is 238 g/mol. The molecular formula is C15H23N3O. The molecule has 1 saturated carbocycles. The highest BCUT2D eigenvalue weighted by Crippen LogP contribution is 2.28. The highest BCUT2D eigenvalue weighted by Gasteiger charge is 2.32. The summed E-state index contributed by atoms with van der Waals surface area (Å²) in [6.07, 6.45) is 5.81. The van der Waals surface area contributed by atoms with Crippen molar-refractivity contribution in [1.82, 2.24) is 15.2 Å². The predicted molar refractivity (Wildman–Crippen MR) is 75.7 cm³/mol. The molecule has 0 bridgehead atoms. The zero-order chi connectivity index (χ0) is 13.9. The van der Waals surface area contributed by atoms with Crippen molar-refractivity contribution in [1.29, 1.82) is 0 Å². The van der Waals surface area contributed by atoms with Crippen LogP contribution in [0.4, 0.5) is 4.79 Å². The number of nitrogens with one attached hydrogen (secondary N) is 1. The molecule has 1 aliphatic carbocycles. The third kappa shape index (κ3) is 4.54. The first-order chi connectivity index (χ1) is 8.96. The lowest BCUT2D eigenvalue weighted by atomic mass is 9.97. The van der Waals surface area contributed by atoms with E-state index in [2.05, 4.69) is 31.1 Å². The zero-order valence-electron chi connectivity index (χ0n) is 12.0. The van der Waals surface area contributed by atoms with Gasteiger partial charge in [0.15, 0.2) is 0 Å². The molecule has 0 radical (unpaired) electrons. The normalized spacial score (nSPS) is 15.1. The van der Waals surface area contributed by atoms with Crippen LogP contribution in [0.1, 0.15) is 39.2 Å². The average molecular weight is 261 g/mol. The second-order valence-corrected chi connectivity index (χ2v) is 6.44. The van der Waals surface area contributed by atoms with Crippen molar-refractivity contribution in [2.75, 3.05) is 6.54 Å². The fourth-order valence-electron chi connectivity index (χ4n) is 1.88. The molecule has 4 heteroatoms. The molecule has 1 fully saturated rings. The number of nitrogens with zero attached hydrogens (tertiary/aromatic N) is 2. The van der Waals surface area contributed by atoms with Gasteiger partial charge in [-0.25, -0.2) is 4.79 Å². The second-order valence-electron chi connectivity index (χ2n) is 6.44. The van der Waals surface area contributed by atoms with Crippen molar-refractivity contribution in [2.45, 2.75) is 46.2 Å². The fourth-order valence-corrected chi connectivity index (χ4v) is 1.88. The van der Waals surface area contributed by atoms with Gasteiger partial charge < -0.3 is 10.2 Å². The van der Waals surface area contributed by atoms with Gasteiger partial charge in [0, 0.05) is 31.5 Å². The number of urea groups is 1. The summed E-state index contributed by atoms with van der Waals surface area (Å²) in [4.78, 5) is 18.3. The third-order valence-corrected chi connectivity index (χ3v) is 3.09. The Morgan fingerprint density at radius 2 is 2.21 bits per heavy atom. The van der Waals surface area contributed by atoms with Gasteiger partial charge in [-0.2, -0.15) is 0 Å². The Morgan fingerprint density at radius 3 is 2.74 bits per heavy atom. The lowest BCUT2D eigenvalue weighted by Gasteiger charge is -2.26. The Labute approximate surface area is 115 Å². The highest BCUT2D eigenvalue weighted by atomic mass is 16.2. The summed E-state index contributed by atoms with van der Waals surface area (Å²) in [6, 6.07) is 4.37. The maximum absolute atomic E-state index is 12.3. The minimum atomic E-state index is 0.0429. The molecule has 19 heavy (non-hydrogen) atoms. The molecule has 0 aromatic carbocycles. The van der Waals surface area contributed by atoms with Crippen molar-refractivity contribution in [3.63, 3.8) is 0 Å². The number of carbonyl (C=O) groups is 1. The first-order valence-corrected chi connectivity index (χ1v) is 6.89. The first-order valence-electron chi connectivity index (χ1n) is 6.89. The fraction of sp³-hybridized carbons (Fsp3) is 0.600. The summed E-state index contributed by atoms with van der Waals surface area (Å²) in [6.45, 7) is 7.71. The minimum Gasteiger partial charge on any atom is -0.337 e. The third-order valence-electron chi connectivity index (χ3n) is 3.09. The Balaban J connectivity index is 1.94. The van der Waals surface area contributed by atoms with E-state index in [0.717, 1.165) is 18.4 Å². The molecule has 1 aromatic heterocycles. The summed E-state index contributed by atoms with van der Waals surface area (Å²) < 4.78 is 0. The monoisotopic (exact) mass is 261 g/mol. The van der Waals surface area contributed by atoms with Crippen LogP contribution in [-0.4, -0.2) is 28.5 Å². The van der Waals surface area contributed by atoms with Crippen LogP contribution in [-0.2, 0) is 6.54 Å². The van der Waals surface area contributed by atoms with Crippen LogP contribution in [0, 0.1) is 5.41 Å². The summed E-state index contributed by atoms with van der Waals surface area (Å²) in [5.41, 5.74) is 1.19. The van der Waals surface area contributed by atoms with Gasteiger partial charge in [-0.15, -0.1) is 0 Å². The smallest absolute Gasteiger partial charge is 0.317 e. The van der Waals surface area contributed by atoms with Crippen LogP contribution >= 0.6 is 0 Å².